The maximum atomic E-state index is 12.8. The minimum Gasteiger partial charge on any atom is -0.321 e. The number of benzene rings is 1. The van der Waals surface area contributed by atoms with E-state index >= 15 is 0 Å². The van der Waals surface area contributed by atoms with Crippen molar-refractivity contribution in [3.8, 4) is 0 Å². The average Bonchev–Trinajstić information content (AvgIpc) is 2.54. The number of pyridine rings is 1. The number of carbonyl (C=O) groups is 2. The summed E-state index contributed by atoms with van der Waals surface area (Å²) in [5, 5.41) is 2.74. The molecule has 1 aromatic heterocycles. The molecule has 0 unspecified atom stereocenters. The third-order valence-electron chi connectivity index (χ3n) is 4.07. The second-order valence-electron chi connectivity index (χ2n) is 6.33. The van der Waals surface area contributed by atoms with Gasteiger partial charge in [0.25, 0.3) is 0 Å². The van der Waals surface area contributed by atoms with Crippen LogP contribution in [0.25, 0.3) is 0 Å². The number of carbonyl (C=O) groups excluding carboxylic acids is 2. The molecule has 0 atom stereocenters. The Bertz CT molecular complexity index is 741. The van der Waals surface area contributed by atoms with E-state index in [9.17, 15) is 9.59 Å². The lowest BCUT2D eigenvalue weighted by molar-refractivity contribution is -0.122. The van der Waals surface area contributed by atoms with E-state index in [1.165, 1.54) is 4.90 Å². The molecule has 2 amide bonds. The zero-order chi connectivity index (χ0) is 16.4. The summed E-state index contributed by atoms with van der Waals surface area (Å²) in [5.41, 5.74) is 1.35. The van der Waals surface area contributed by atoms with Gasteiger partial charge in [-0.25, -0.2) is 4.98 Å². The summed E-state index contributed by atoms with van der Waals surface area (Å²) >= 11 is 0. The highest BCUT2D eigenvalue weighted by molar-refractivity contribution is 6.09. The largest absolute Gasteiger partial charge is 0.321 e. The van der Waals surface area contributed by atoms with Crippen molar-refractivity contribution in [3.63, 3.8) is 0 Å². The lowest BCUT2D eigenvalue weighted by atomic mass is 9.81. The topological polar surface area (TPSA) is 62.3 Å². The summed E-state index contributed by atoms with van der Waals surface area (Å²) in [5.74, 6) is 0.214. The Hall–Kier alpha value is -2.69. The van der Waals surface area contributed by atoms with E-state index in [-0.39, 0.29) is 23.8 Å². The van der Waals surface area contributed by atoms with Crippen LogP contribution in [0, 0.1) is 0 Å². The van der Waals surface area contributed by atoms with Crippen molar-refractivity contribution < 1.29 is 9.59 Å². The molecule has 0 aliphatic carbocycles. The van der Waals surface area contributed by atoms with Crippen LogP contribution in [0.5, 0.6) is 0 Å². The first-order valence-electron chi connectivity index (χ1n) is 7.58. The van der Waals surface area contributed by atoms with Gasteiger partial charge >= 0.3 is 0 Å². The lowest BCUT2D eigenvalue weighted by Crippen LogP contribution is -2.44. The first-order chi connectivity index (χ1) is 11.0. The summed E-state index contributed by atoms with van der Waals surface area (Å²) in [7, 11) is 0. The standard InChI is InChI=1S/C18H19N3O2/c1-18(2,13-7-4-3-5-8-13)11-16(23)21-12-15(22)20-14-9-6-10-19-17(14)21/h3-10H,11-12H2,1-2H3,(H,20,22). The van der Waals surface area contributed by atoms with Crippen molar-refractivity contribution in [2.45, 2.75) is 25.7 Å². The fraction of sp³-hybridized carbons (Fsp3) is 0.278. The number of nitrogens with one attached hydrogen (secondary N) is 1. The summed E-state index contributed by atoms with van der Waals surface area (Å²) in [6.07, 6.45) is 1.93. The van der Waals surface area contributed by atoms with Crippen LogP contribution in [-0.2, 0) is 15.0 Å². The van der Waals surface area contributed by atoms with Crippen LogP contribution in [0.15, 0.2) is 48.7 Å². The normalized spacial score (nSPS) is 14.2. The van der Waals surface area contributed by atoms with Gasteiger partial charge in [0, 0.05) is 12.6 Å². The SMILES string of the molecule is CC(C)(CC(=O)N1CC(=O)Nc2cccnc21)c1ccccc1. The lowest BCUT2D eigenvalue weighted by Gasteiger charge is -2.31. The molecule has 23 heavy (non-hydrogen) atoms. The number of hydrogen-bond acceptors (Lipinski definition) is 3. The van der Waals surface area contributed by atoms with Crippen molar-refractivity contribution in [1.29, 1.82) is 0 Å². The maximum absolute atomic E-state index is 12.8. The smallest absolute Gasteiger partial charge is 0.244 e. The van der Waals surface area contributed by atoms with Crippen molar-refractivity contribution in [1.82, 2.24) is 4.98 Å². The van der Waals surface area contributed by atoms with E-state index in [1.54, 1.807) is 18.3 Å². The Morgan fingerprint density at radius 2 is 1.96 bits per heavy atom. The van der Waals surface area contributed by atoms with Crippen LogP contribution in [0.4, 0.5) is 11.5 Å². The van der Waals surface area contributed by atoms with Crippen molar-refractivity contribution in [3.05, 3.63) is 54.2 Å². The van der Waals surface area contributed by atoms with Gasteiger partial charge in [0.15, 0.2) is 5.82 Å². The Balaban J connectivity index is 1.85. The second-order valence-corrected chi connectivity index (χ2v) is 6.33. The molecular formula is C18H19N3O2. The van der Waals surface area contributed by atoms with E-state index in [1.807, 2.05) is 44.2 Å². The molecule has 0 radical (unpaired) electrons. The third-order valence-corrected chi connectivity index (χ3v) is 4.07. The molecule has 2 heterocycles. The van der Waals surface area contributed by atoms with Gasteiger partial charge in [0.2, 0.25) is 11.8 Å². The summed E-state index contributed by atoms with van der Waals surface area (Å²) in [4.78, 5) is 30.4. The van der Waals surface area contributed by atoms with Crippen molar-refractivity contribution >= 4 is 23.3 Å². The Labute approximate surface area is 135 Å². The first kappa shape index (κ1) is 15.2. The highest BCUT2D eigenvalue weighted by Gasteiger charge is 2.32. The predicted octanol–water partition coefficient (Wildman–Crippen LogP) is 2.73. The van der Waals surface area contributed by atoms with Gasteiger partial charge in [-0.1, -0.05) is 44.2 Å². The van der Waals surface area contributed by atoms with Gasteiger partial charge in [0.05, 0.1) is 5.69 Å². The number of rotatable bonds is 3. The molecule has 1 N–H and O–H groups in total. The number of hydrogen-bond donors (Lipinski definition) is 1. The third kappa shape index (κ3) is 3.08. The maximum Gasteiger partial charge on any atom is 0.244 e. The summed E-state index contributed by atoms with van der Waals surface area (Å²) < 4.78 is 0. The Morgan fingerprint density at radius 3 is 2.70 bits per heavy atom. The van der Waals surface area contributed by atoms with Gasteiger partial charge in [-0.05, 0) is 23.1 Å². The fourth-order valence-corrected chi connectivity index (χ4v) is 2.79. The van der Waals surface area contributed by atoms with E-state index in [0.29, 0.717) is 17.9 Å². The van der Waals surface area contributed by atoms with E-state index < -0.39 is 0 Å². The molecule has 1 aliphatic rings. The van der Waals surface area contributed by atoms with Crippen molar-refractivity contribution in [2.75, 3.05) is 16.8 Å². The fourth-order valence-electron chi connectivity index (χ4n) is 2.79. The second kappa shape index (κ2) is 5.83. The van der Waals surface area contributed by atoms with Gasteiger partial charge in [-0.3, -0.25) is 14.5 Å². The molecule has 1 aliphatic heterocycles. The Morgan fingerprint density at radius 1 is 1.22 bits per heavy atom. The van der Waals surface area contributed by atoms with Crippen LogP contribution >= 0.6 is 0 Å². The van der Waals surface area contributed by atoms with E-state index in [2.05, 4.69) is 10.3 Å². The highest BCUT2D eigenvalue weighted by atomic mass is 16.2. The number of amides is 2. The molecule has 0 fully saturated rings. The molecule has 0 bridgehead atoms. The monoisotopic (exact) mass is 309 g/mol. The molecule has 1 aromatic carbocycles. The average molecular weight is 309 g/mol. The predicted molar refractivity (Wildman–Crippen MR) is 89.3 cm³/mol. The van der Waals surface area contributed by atoms with Gasteiger partial charge in [-0.2, -0.15) is 0 Å². The molecule has 3 rings (SSSR count). The Kier molecular flexibility index (Phi) is 3.86. The number of anilines is 2. The number of aromatic nitrogens is 1. The first-order valence-corrected chi connectivity index (χ1v) is 7.58. The molecule has 118 valence electrons. The van der Waals surface area contributed by atoms with E-state index in [4.69, 9.17) is 0 Å². The van der Waals surface area contributed by atoms with Crippen LogP contribution in [0.2, 0.25) is 0 Å². The quantitative estimate of drug-likeness (QED) is 0.948. The minimum atomic E-state index is -0.318. The molecule has 0 saturated heterocycles. The van der Waals surface area contributed by atoms with Crippen LogP contribution in [0.3, 0.4) is 0 Å². The number of nitrogens with zero attached hydrogens (tertiary/aromatic N) is 2. The summed E-state index contributed by atoms with van der Waals surface area (Å²) in [6, 6.07) is 13.4. The number of fused-ring (bicyclic) bond motifs is 1. The van der Waals surface area contributed by atoms with Crippen LogP contribution < -0.4 is 10.2 Å². The highest BCUT2D eigenvalue weighted by Crippen LogP contribution is 2.31. The molecule has 5 heteroatoms. The molecule has 5 nitrogen and oxygen atoms in total. The van der Waals surface area contributed by atoms with Gasteiger partial charge in [0.1, 0.15) is 6.54 Å². The van der Waals surface area contributed by atoms with Crippen LogP contribution in [0.1, 0.15) is 25.8 Å². The van der Waals surface area contributed by atoms with Gasteiger partial charge < -0.3 is 5.32 Å². The zero-order valence-corrected chi connectivity index (χ0v) is 13.2. The van der Waals surface area contributed by atoms with Crippen LogP contribution in [-0.4, -0.2) is 23.3 Å². The molecule has 0 saturated carbocycles. The molecule has 0 spiro atoms. The van der Waals surface area contributed by atoms with Crippen molar-refractivity contribution in [2.24, 2.45) is 0 Å². The minimum absolute atomic E-state index is 0.00766. The van der Waals surface area contributed by atoms with Gasteiger partial charge in [-0.15, -0.1) is 0 Å². The molecular weight excluding hydrogens is 290 g/mol. The van der Waals surface area contributed by atoms with E-state index in [0.717, 1.165) is 5.56 Å². The zero-order valence-electron chi connectivity index (χ0n) is 13.2. The summed E-state index contributed by atoms with van der Waals surface area (Å²) in [6.45, 7) is 4.07. The molecule has 2 aromatic rings.